The second-order valence-corrected chi connectivity index (χ2v) is 19.5. The van der Waals surface area contributed by atoms with Gasteiger partial charge in [0.1, 0.15) is 30.5 Å². The number of esters is 1. The number of ether oxygens (including phenoxy) is 4. The second-order valence-electron chi connectivity index (χ2n) is 18.4. The fourth-order valence-electron chi connectivity index (χ4n) is 8.20. The van der Waals surface area contributed by atoms with E-state index < -0.39 is 59.8 Å². The fourth-order valence-corrected chi connectivity index (χ4v) is 8.70. The van der Waals surface area contributed by atoms with Crippen LogP contribution in [0.15, 0.2) is 48.6 Å². The average molecular weight is 971 g/mol. The summed E-state index contributed by atoms with van der Waals surface area (Å²) in [6.07, 6.45) is 47.2. The van der Waals surface area contributed by atoms with Crippen molar-refractivity contribution in [2.75, 3.05) is 26.4 Å². The fraction of sp³-hybridized carbons (Fsp3) is 0.833. The van der Waals surface area contributed by atoms with Crippen LogP contribution in [0.1, 0.15) is 226 Å². The first-order valence-electron chi connectivity index (χ1n) is 26.9. The Kier molecular flexibility index (Phi) is 42.6. The monoisotopic (exact) mass is 971 g/mol. The van der Waals surface area contributed by atoms with Gasteiger partial charge in [-0.1, -0.05) is 217 Å². The molecule has 1 fully saturated rings. The zero-order valence-corrected chi connectivity index (χ0v) is 43.0. The number of carbonyl (C=O) groups excluding carboxylic acids is 1. The lowest BCUT2D eigenvalue weighted by molar-refractivity contribution is -0.301. The van der Waals surface area contributed by atoms with E-state index in [2.05, 4.69) is 66.6 Å². The highest BCUT2D eigenvalue weighted by molar-refractivity contribution is 7.80. The third kappa shape index (κ3) is 38.5. The van der Waals surface area contributed by atoms with Gasteiger partial charge in [0.05, 0.1) is 19.8 Å². The molecular weight excluding hydrogens is 873 g/mol. The molecule has 392 valence electrons. The van der Waals surface area contributed by atoms with Crippen LogP contribution in [-0.2, 0) is 38.3 Å². The van der Waals surface area contributed by atoms with Crippen molar-refractivity contribution in [2.45, 2.75) is 263 Å². The van der Waals surface area contributed by atoms with Gasteiger partial charge >= 0.3 is 16.4 Å². The van der Waals surface area contributed by atoms with E-state index in [0.29, 0.717) is 13.0 Å². The minimum absolute atomic E-state index is 0.0245. The van der Waals surface area contributed by atoms with Crippen LogP contribution in [0.2, 0.25) is 0 Å². The van der Waals surface area contributed by atoms with Gasteiger partial charge < -0.3 is 34.3 Å². The molecule has 6 unspecified atom stereocenters. The largest absolute Gasteiger partial charge is 0.457 e. The summed E-state index contributed by atoms with van der Waals surface area (Å²) in [5, 5.41) is 30.8. The summed E-state index contributed by atoms with van der Waals surface area (Å²) in [5.74, 6) is -0.403. The predicted molar refractivity (Wildman–Crippen MR) is 271 cm³/mol. The lowest BCUT2D eigenvalue weighted by atomic mass is 9.99. The molecule has 0 bridgehead atoms. The van der Waals surface area contributed by atoms with Gasteiger partial charge in [-0.05, 0) is 51.4 Å². The summed E-state index contributed by atoms with van der Waals surface area (Å²) in [7, 11) is -5.07. The van der Waals surface area contributed by atoms with Crippen molar-refractivity contribution in [1.82, 2.24) is 0 Å². The maximum absolute atomic E-state index is 12.9. The Labute approximate surface area is 408 Å². The van der Waals surface area contributed by atoms with Gasteiger partial charge in [0, 0.05) is 13.0 Å². The molecule has 1 rings (SSSR count). The minimum Gasteiger partial charge on any atom is -0.457 e. The third-order valence-corrected chi connectivity index (χ3v) is 12.7. The van der Waals surface area contributed by atoms with Crippen LogP contribution in [-0.4, -0.2) is 97.5 Å². The van der Waals surface area contributed by atoms with Crippen LogP contribution in [0.4, 0.5) is 0 Å². The quantitative estimate of drug-likeness (QED) is 0.0197. The molecule has 0 aliphatic carbocycles. The Bertz CT molecular complexity index is 1350. The SMILES string of the molecule is CC/C=C\C/C=C\C/C=C\C/C=C\CCCCCCCOCC(COC1OC(CO)C(O)C(OS(=O)(=O)O)C1O)OC(=O)CCCCCCCCCCCCCCCCCCCCCCCC. The molecule has 0 amide bonds. The summed E-state index contributed by atoms with van der Waals surface area (Å²) in [6, 6.07) is 0. The molecule has 0 saturated carbocycles. The predicted octanol–water partition coefficient (Wildman–Crippen LogP) is 12.7. The highest BCUT2D eigenvalue weighted by Gasteiger charge is 2.48. The van der Waals surface area contributed by atoms with E-state index in [1.165, 1.54) is 116 Å². The smallest absolute Gasteiger partial charge is 0.397 e. The summed E-state index contributed by atoms with van der Waals surface area (Å²) in [5.41, 5.74) is 0. The molecule has 1 saturated heterocycles. The molecule has 0 aromatic heterocycles. The summed E-state index contributed by atoms with van der Waals surface area (Å²) >= 11 is 0. The van der Waals surface area contributed by atoms with Crippen LogP contribution in [0.25, 0.3) is 0 Å². The molecule has 0 spiro atoms. The first kappa shape index (κ1) is 63.1. The van der Waals surface area contributed by atoms with Crippen molar-refractivity contribution < 1.29 is 56.2 Å². The Morgan fingerprint density at radius 2 is 1.03 bits per heavy atom. The highest BCUT2D eigenvalue weighted by atomic mass is 32.3. The molecule has 12 nitrogen and oxygen atoms in total. The number of hydrogen-bond donors (Lipinski definition) is 4. The molecule has 6 atom stereocenters. The Morgan fingerprint density at radius 3 is 1.51 bits per heavy atom. The third-order valence-electron chi connectivity index (χ3n) is 12.2. The van der Waals surface area contributed by atoms with Gasteiger partial charge in [-0.2, -0.15) is 8.42 Å². The Hall–Kier alpha value is -1.94. The van der Waals surface area contributed by atoms with Crippen molar-refractivity contribution in [3.63, 3.8) is 0 Å². The molecular formula is C54H98O12S. The van der Waals surface area contributed by atoms with Crippen LogP contribution >= 0.6 is 0 Å². The number of aliphatic hydroxyl groups excluding tert-OH is 3. The molecule has 4 N–H and O–H groups in total. The molecule has 0 radical (unpaired) electrons. The normalized spacial score (nSPS) is 19.8. The van der Waals surface area contributed by atoms with Gasteiger partial charge in [-0.15, -0.1) is 0 Å². The van der Waals surface area contributed by atoms with E-state index in [9.17, 15) is 33.1 Å². The molecule has 1 aliphatic rings. The van der Waals surface area contributed by atoms with Crippen molar-refractivity contribution in [3.05, 3.63) is 48.6 Å². The maximum Gasteiger partial charge on any atom is 0.397 e. The van der Waals surface area contributed by atoms with E-state index in [1.54, 1.807) is 0 Å². The van der Waals surface area contributed by atoms with E-state index in [0.717, 1.165) is 83.5 Å². The zero-order valence-electron chi connectivity index (χ0n) is 42.2. The first-order valence-corrected chi connectivity index (χ1v) is 28.3. The molecule has 1 heterocycles. The van der Waals surface area contributed by atoms with Crippen LogP contribution in [0.3, 0.4) is 0 Å². The highest BCUT2D eigenvalue weighted by Crippen LogP contribution is 2.26. The number of hydrogen-bond acceptors (Lipinski definition) is 11. The summed E-state index contributed by atoms with van der Waals surface area (Å²) < 4.78 is 59.3. The van der Waals surface area contributed by atoms with Crippen LogP contribution < -0.4 is 0 Å². The van der Waals surface area contributed by atoms with Crippen molar-refractivity contribution >= 4 is 16.4 Å². The molecule has 0 aromatic carbocycles. The Balaban J connectivity index is 2.34. The standard InChI is InChI=1S/C54H98O12S/c1-3-5-7-9-11-13-15-17-19-21-23-24-25-26-27-29-31-33-35-37-39-41-43-50(56)64-48(47-63-54-52(58)53(66-67(59,60)61)51(57)49(45-55)65-54)46-62-44-42-40-38-36-34-32-30-28-22-20-18-16-14-12-10-8-6-4-2/h6,8,12,14,18,20,28,30,48-49,51-55,57-58H,3-5,7,9-11,13,15-17,19,21-27,29,31-47H2,1-2H3,(H,59,60,61)/b8-6-,14-12-,20-18-,30-28-. The second kappa shape index (κ2) is 45.2. The van der Waals surface area contributed by atoms with E-state index in [-0.39, 0.29) is 19.6 Å². The number of allylic oxidation sites excluding steroid dienone is 8. The molecule has 0 aromatic rings. The van der Waals surface area contributed by atoms with Crippen molar-refractivity contribution in [2.24, 2.45) is 0 Å². The van der Waals surface area contributed by atoms with Gasteiger partial charge in [-0.3, -0.25) is 9.35 Å². The van der Waals surface area contributed by atoms with Gasteiger partial charge in [-0.25, -0.2) is 4.18 Å². The lowest BCUT2D eigenvalue weighted by Gasteiger charge is -2.41. The van der Waals surface area contributed by atoms with Crippen molar-refractivity contribution in [3.8, 4) is 0 Å². The van der Waals surface area contributed by atoms with E-state index in [4.69, 9.17) is 18.9 Å². The molecule has 67 heavy (non-hydrogen) atoms. The molecule has 1 aliphatic heterocycles. The Morgan fingerprint density at radius 1 is 0.582 bits per heavy atom. The van der Waals surface area contributed by atoms with Crippen LogP contribution in [0, 0.1) is 0 Å². The van der Waals surface area contributed by atoms with Crippen molar-refractivity contribution in [1.29, 1.82) is 0 Å². The summed E-state index contributed by atoms with van der Waals surface area (Å²) in [4.78, 5) is 12.9. The number of aliphatic hydroxyl groups is 3. The zero-order chi connectivity index (χ0) is 48.9. The van der Waals surface area contributed by atoms with Gasteiger partial charge in [0.15, 0.2) is 6.29 Å². The lowest BCUT2D eigenvalue weighted by Crippen LogP contribution is -2.60. The first-order chi connectivity index (χ1) is 32.6. The van der Waals surface area contributed by atoms with Crippen LogP contribution in [0.5, 0.6) is 0 Å². The average Bonchev–Trinajstić information content (AvgIpc) is 3.30. The van der Waals surface area contributed by atoms with E-state index in [1.807, 2.05) is 0 Å². The van der Waals surface area contributed by atoms with E-state index >= 15 is 0 Å². The summed E-state index contributed by atoms with van der Waals surface area (Å²) in [6.45, 7) is 3.87. The number of rotatable bonds is 47. The molecule has 13 heteroatoms. The topological polar surface area (TPSA) is 178 Å². The maximum atomic E-state index is 12.9. The number of carbonyl (C=O) groups is 1. The van der Waals surface area contributed by atoms with Gasteiger partial charge in [0.25, 0.3) is 0 Å². The minimum atomic E-state index is -5.07. The van der Waals surface area contributed by atoms with Gasteiger partial charge in [0.2, 0.25) is 0 Å². The number of unbranched alkanes of at least 4 members (excludes halogenated alkanes) is 26.